The zero-order valence-corrected chi connectivity index (χ0v) is 7.81. The number of hydrogen-bond acceptors (Lipinski definition) is 4. The minimum Gasteiger partial charge on any atom is -0.399 e. The highest BCUT2D eigenvalue weighted by Gasteiger charge is 2.06. The fourth-order valence-electron chi connectivity index (χ4n) is 1.10. The lowest BCUT2D eigenvalue weighted by Crippen LogP contribution is -2.11. The predicted molar refractivity (Wildman–Crippen MR) is 55.3 cm³/mol. The van der Waals surface area contributed by atoms with Crippen LogP contribution in [0.1, 0.15) is 10.4 Å². The van der Waals surface area contributed by atoms with Gasteiger partial charge in [-0.2, -0.15) is 0 Å². The Kier molecular flexibility index (Phi) is 2.37. The van der Waals surface area contributed by atoms with E-state index in [2.05, 4.69) is 15.0 Å². The van der Waals surface area contributed by atoms with Crippen molar-refractivity contribution in [3.63, 3.8) is 0 Å². The predicted octanol–water partition coefficient (Wildman–Crippen LogP) is 1.51. The van der Waals surface area contributed by atoms with E-state index in [0.717, 1.165) is 0 Å². The molecule has 0 aliphatic carbocycles. The van der Waals surface area contributed by atoms with E-state index in [4.69, 9.17) is 5.73 Å². The van der Waals surface area contributed by atoms with Crippen LogP contribution in [0.25, 0.3) is 0 Å². The Labute approximate surface area is 85.9 Å². The zero-order chi connectivity index (χ0) is 10.7. The maximum absolute atomic E-state index is 11.6. The molecule has 0 saturated heterocycles. The first kappa shape index (κ1) is 9.26. The Balaban J connectivity index is 2.11. The summed E-state index contributed by atoms with van der Waals surface area (Å²) in [5.41, 5.74) is 6.64. The van der Waals surface area contributed by atoms with Gasteiger partial charge < -0.3 is 15.6 Å². The third-order valence-electron chi connectivity index (χ3n) is 1.85. The zero-order valence-electron chi connectivity index (χ0n) is 7.81. The van der Waals surface area contributed by atoms with Crippen molar-refractivity contribution in [2.45, 2.75) is 0 Å². The van der Waals surface area contributed by atoms with Gasteiger partial charge in [-0.3, -0.25) is 4.79 Å². The Morgan fingerprint density at radius 2 is 2.00 bits per heavy atom. The normalized spacial score (nSPS) is 9.87. The second-order valence-electron chi connectivity index (χ2n) is 2.96. The molecule has 0 aliphatic rings. The van der Waals surface area contributed by atoms with Crippen molar-refractivity contribution in [2.24, 2.45) is 0 Å². The summed E-state index contributed by atoms with van der Waals surface area (Å²) in [4.78, 5) is 11.6. The molecule has 0 radical (unpaired) electrons. The van der Waals surface area contributed by atoms with Gasteiger partial charge in [0.05, 0.1) is 0 Å². The summed E-state index contributed by atoms with van der Waals surface area (Å²) in [6, 6.07) is 8.18. The first-order chi connectivity index (χ1) is 7.25. The quantitative estimate of drug-likeness (QED) is 0.725. The number of nitrogen functional groups attached to an aromatic ring is 1. The van der Waals surface area contributed by atoms with E-state index in [1.54, 1.807) is 30.3 Å². The molecular weight excluding hydrogens is 194 g/mol. The summed E-state index contributed by atoms with van der Waals surface area (Å²) in [5, 5.41) is 6.14. The van der Waals surface area contributed by atoms with Gasteiger partial charge in [0.25, 0.3) is 5.91 Å². The van der Waals surface area contributed by atoms with Crippen molar-refractivity contribution < 1.29 is 9.32 Å². The molecule has 3 N–H and O–H groups in total. The van der Waals surface area contributed by atoms with Crippen LogP contribution in [0.4, 0.5) is 11.5 Å². The molecule has 1 aromatic carbocycles. The van der Waals surface area contributed by atoms with Gasteiger partial charge in [-0.25, -0.2) is 0 Å². The summed E-state index contributed by atoms with van der Waals surface area (Å²) in [6.07, 6.45) is 1.39. The van der Waals surface area contributed by atoms with Gasteiger partial charge in [0.1, 0.15) is 6.26 Å². The standard InChI is InChI=1S/C10H9N3O2/c11-8-3-1-7(2-4-8)10(14)12-9-5-6-15-13-9/h1-6H,11H2,(H,12,13,14). The molecule has 2 rings (SSSR count). The van der Waals surface area contributed by atoms with Crippen LogP contribution in [0.5, 0.6) is 0 Å². The number of carbonyl (C=O) groups is 1. The lowest BCUT2D eigenvalue weighted by Gasteiger charge is -2.01. The average molecular weight is 203 g/mol. The molecule has 76 valence electrons. The first-order valence-corrected chi connectivity index (χ1v) is 4.33. The van der Waals surface area contributed by atoms with Gasteiger partial charge in [0.15, 0.2) is 5.82 Å². The van der Waals surface area contributed by atoms with Crippen LogP contribution in [0.15, 0.2) is 41.1 Å². The number of carbonyl (C=O) groups excluding carboxylic acids is 1. The number of nitrogens with two attached hydrogens (primary N) is 1. The highest BCUT2D eigenvalue weighted by atomic mass is 16.5. The third-order valence-corrected chi connectivity index (χ3v) is 1.85. The van der Waals surface area contributed by atoms with Crippen LogP contribution in [0.2, 0.25) is 0 Å². The fraction of sp³-hybridized carbons (Fsp3) is 0. The maximum atomic E-state index is 11.6. The minimum absolute atomic E-state index is 0.246. The molecule has 5 nitrogen and oxygen atoms in total. The number of nitrogens with one attached hydrogen (secondary N) is 1. The van der Waals surface area contributed by atoms with Crippen molar-refractivity contribution >= 4 is 17.4 Å². The van der Waals surface area contributed by atoms with Crippen molar-refractivity contribution in [3.05, 3.63) is 42.2 Å². The Hall–Kier alpha value is -2.30. The van der Waals surface area contributed by atoms with E-state index >= 15 is 0 Å². The molecule has 0 bridgehead atoms. The average Bonchev–Trinajstić information content (AvgIpc) is 2.71. The monoisotopic (exact) mass is 203 g/mol. The third kappa shape index (κ3) is 2.14. The molecule has 0 saturated carbocycles. The topological polar surface area (TPSA) is 81.2 Å². The van der Waals surface area contributed by atoms with E-state index < -0.39 is 0 Å². The summed E-state index contributed by atoms with van der Waals surface area (Å²) in [6.45, 7) is 0. The highest BCUT2D eigenvalue weighted by Crippen LogP contribution is 2.08. The van der Waals surface area contributed by atoms with Crippen molar-refractivity contribution in [2.75, 3.05) is 11.1 Å². The molecule has 15 heavy (non-hydrogen) atoms. The molecule has 0 fully saturated rings. The van der Waals surface area contributed by atoms with E-state index in [1.807, 2.05) is 0 Å². The number of amides is 1. The van der Waals surface area contributed by atoms with Crippen LogP contribution < -0.4 is 11.1 Å². The molecule has 1 amide bonds. The van der Waals surface area contributed by atoms with Crippen molar-refractivity contribution in [1.29, 1.82) is 0 Å². The minimum atomic E-state index is -0.246. The maximum Gasteiger partial charge on any atom is 0.256 e. The number of aromatic nitrogens is 1. The number of hydrogen-bond donors (Lipinski definition) is 2. The number of anilines is 2. The molecule has 1 heterocycles. The van der Waals surface area contributed by atoms with Gasteiger partial charge in [-0.1, -0.05) is 5.16 Å². The Morgan fingerprint density at radius 1 is 1.27 bits per heavy atom. The van der Waals surface area contributed by atoms with Crippen molar-refractivity contribution in [1.82, 2.24) is 5.16 Å². The summed E-state index contributed by atoms with van der Waals surface area (Å²) in [5.74, 6) is 0.140. The smallest absolute Gasteiger partial charge is 0.256 e. The lowest BCUT2D eigenvalue weighted by molar-refractivity contribution is 0.102. The Morgan fingerprint density at radius 3 is 2.60 bits per heavy atom. The number of nitrogens with zero attached hydrogens (tertiary/aromatic N) is 1. The highest BCUT2D eigenvalue weighted by molar-refractivity contribution is 6.03. The number of rotatable bonds is 2. The lowest BCUT2D eigenvalue weighted by atomic mass is 10.2. The largest absolute Gasteiger partial charge is 0.399 e. The van der Waals surface area contributed by atoms with Crippen LogP contribution >= 0.6 is 0 Å². The summed E-state index contributed by atoms with van der Waals surface area (Å²) >= 11 is 0. The SMILES string of the molecule is Nc1ccc(C(=O)Nc2ccon2)cc1. The van der Waals surface area contributed by atoms with Crippen LogP contribution in [-0.2, 0) is 0 Å². The van der Waals surface area contributed by atoms with Crippen molar-refractivity contribution in [3.8, 4) is 0 Å². The van der Waals surface area contributed by atoms with Gasteiger partial charge in [0, 0.05) is 17.3 Å². The van der Waals surface area contributed by atoms with E-state index in [0.29, 0.717) is 17.1 Å². The fourth-order valence-corrected chi connectivity index (χ4v) is 1.10. The van der Waals surface area contributed by atoms with Crippen LogP contribution in [-0.4, -0.2) is 11.1 Å². The van der Waals surface area contributed by atoms with E-state index in [9.17, 15) is 4.79 Å². The second-order valence-corrected chi connectivity index (χ2v) is 2.96. The van der Waals surface area contributed by atoms with E-state index in [1.165, 1.54) is 6.26 Å². The van der Waals surface area contributed by atoms with Gasteiger partial charge in [-0.15, -0.1) is 0 Å². The second kappa shape index (κ2) is 3.83. The molecule has 0 spiro atoms. The van der Waals surface area contributed by atoms with Gasteiger partial charge in [-0.05, 0) is 24.3 Å². The molecule has 5 heteroatoms. The molecule has 0 aliphatic heterocycles. The molecule has 1 aromatic heterocycles. The first-order valence-electron chi connectivity index (χ1n) is 4.33. The molecular formula is C10H9N3O2. The van der Waals surface area contributed by atoms with Crippen LogP contribution in [0.3, 0.4) is 0 Å². The molecule has 0 unspecified atom stereocenters. The Bertz CT molecular complexity index is 448. The van der Waals surface area contributed by atoms with Gasteiger partial charge >= 0.3 is 0 Å². The summed E-state index contributed by atoms with van der Waals surface area (Å²) in [7, 11) is 0. The summed E-state index contributed by atoms with van der Waals surface area (Å²) < 4.78 is 4.59. The van der Waals surface area contributed by atoms with Crippen LogP contribution in [0, 0.1) is 0 Å². The molecule has 2 aromatic rings. The van der Waals surface area contributed by atoms with E-state index in [-0.39, 0.29) is 5.91 Å². The number of benzene rings is 1. The molecule has 0 atom stereocenters. The van der Waals surface area contributed by atoms with Gasteiger partial charge in [0.2, 0.25) is 0 Å².